The maximum absolute atomic E-state index is 14.5. The lowest BCUT2D eigenvalue weighted by molar-refractivity contribution is -0.384. The van der Waals surface area contributed by atoms with E-state index in [2.05, 4.69) is 5.32 Å². The van der Waals surface area contributed by atoms with Gasteiger partial charge in [-0.15, -0.1) is 0 Å². The van der Waals surface area contributed by atoms with Crippen molar-refractivity contribution < 1.29 is 18.8 Å². The molecule has 0 fully saturated rings. The number of hydrogen-bond donors (Lipinski definition) is 1. The number of hydrogen-bond acceptors (Lipinski definition) is 5. The summed E-state index contributed by atoms with van der Waals surface area (Å²) >= 11 is 0. The Bertz CT molecular complexity index is 1160. The van der Waals surface area contributed by atoms with E-state index < -0.39 is 28.0 Å². The van der Waals surface area contributed by atoms with E-state index in [1.807, 2.05) is 0 Å². The number of amides is 1. The van der Waals surface area contributed by atoms with Crippen LogP contribution in [0.2, 0.25) is 0 Å². The average Bonchev–Trinajstić information content (AvgIpc) is 2.62. The van der Waals surface area contributed by atoms with Gasteiger partial charge in [-0.1, -0.05) is 0 Å². The molecule has 29 heavy (non-hydrogen) atoms. The topological polar surface area (TPSA) is 103 Å². The Labute approximate surface area is 164 Å². The molecule has 1 heterocycles. The Morgan fingerprint density at radius 1 is 1.17 bits per heavy atom. The van der Waals surface area contributed by atoms with Crippen molar-refractivity contribution in [3.05, 3.63) is 74.9 Å². The summed E-state index contributed by atoms with van der Waals surface area (Å²) in [5.41, 5.74) is -1.06. The van der Waals surface area contributed by atoms with Crippen molar-refractivity contribution in [2.24, 2.45) is 0 Å². The SMILES string of the molecule is CC(C)(C)OC(=O)Nc1cc2ccn(-c3ccc([N+](=O)[O-])cc3)c(=O)c2cc1F. The first-order chi connectivity index (χ1) is 13.5. The number of fused-ring (bicyclic) bond motifs is 1. The third-order valence-electron chi connectivity index (χ3n) is 3.97. The first-order valence-corrected chi connectivity index (χ1v) is 8.65. The Kier molecular flexibility index (Phi) is 5.06. The minimum absolute atomic E-state index is 0.0955. The fraction of sp³-hybridized carbons (Fsp3) is 0.200. The molecule has 1 aromatic heterocycles. The minimum Gasteiger partial charge on any atom is -0.444 e. The number of nitro groups is 1. The number of ether oxygens (including phenoxy) is 1. The molecule has 9 heteroatoms. The van der Waals surface area contributed by atoms with Crippen molar-refractivity contribution >= 4 is 28.2 Å². The zero-order valence-corrected chi connectivity index (χ0v) is 15.9. The van der Waals surface area contributed by atoms with Crippen LogP contribution in [0.3, 0.4) is 0 Å². The predicted octanol–water partition coefficient (Wildman–Crippen LogP) is 4.39. The molecule has 0 aliphatic heterocycles. The highest BCUT2D eigenvalue weighted by Gasteiger charge is 2.18. The lowest BCUT2D eigenvalue weighted by Crippen LogP contribution is -2.27. The largest absolute Gasteiger partial charge is 0.444 e. The predicted molar refractivity (Wildman–Crippen MR) is 106 cm³/mol. The van der Waals surface area contributed by atoms with Crippen LogP contribution in [0.5, 0.6) is 0 Å². The molecule has 0 aliphatic carbocycles. The van der Waals surface area contributed by atoms with Crippen molar-refractivity contribution in [2.45, 2.75) is 26.4 Å². The van der Waals surface area contributed by atoms with Crippen molar-refractivity contribution in [1.82, 2.24) is 4.57 Å². The summed E-state index contributed by atoms with van der Waals surface area (Å²) in [5, 5.41) is 13.6. The standard InChI is InChI=1S/C20H18FN3O5/c1-20(2,3)29-19(26)22-17-10-12-8-9-23(18(25)15(12)11-16(17)21)13-4-6-14(7-5-13)24(27)28/h4-11H,1-3H3,(H,22,26). The van der Waals surface area contributed by atoms with Gasteiger partial charge in [0.15, 0.2) is 0 Å². The first kappa shape index (κ1) is 20.0. The lowest BCUT2D eigenvalue weighted by Gasteiger charge is -2.20. The smallest absolute Gasteiger partial charge is 0.412 e. The number of nitrogens with one attached hydrogen (secondary N) is 1. The number of benzene rings is 2. The van der Waals surface area contributed by atoms with Gasteiger partial charge >= 0.3 is 6.09 Å². The number of anilines is 1. The molecule has 0 unspecified atom stereocenters. The number of nitro benzene ring substituents is 1. The number of nitrogens with zero attached hydrogens (tertiary/aromatic N) is 2. The normalized spacial score (nSPS) is 11.3. The van der Waals surface area contributed by atoms with Crippen molar-refractivity contribution in [1.29, 1.82) is 0 Å². The highest BCUT2D eigenvalue weighted by Crippen LogP contribution is 2.23. The molecule has 150 valence electrons. The summed E-state index contributed by atoms with van der Waals surface area (Å²) in [7, 11) is 0. The number of aromatic nitrogens is 1. The summed E-state index contributed by atoms with van der Waals surface area (Å²) in [6, 6.07) is 9.38. The third-order valence-corrected chi connectivity index (χ3v) is 3.97. The zero-order valence-electron chi connectivity index (χ0n) is 15.9. The second-order valence-electron chi connectivity index (χ2n) is 7.31. The quantitative estimate of drug-likeness (QED) is 0.520. The molecule has 1 amide bonds. The number of carbonyl (C=O) groups excluding carboxylic acids is 1. The Balaban J connectivity index is 1.98. The van der Waals surface area contributed by atoms with Crippen LogP contribution in [0.1, 0.15) is 20.8 Å². The van der Waals surface area contributed by atoms with E-state index in [0.717, 1.165) is 6.07 Å². The fourth-order valence-corrected chi connectivity index (χ4v) is 2.71. The molecule has 0 saturated carbocycles. The molecule has 0 spiro atoms. The van der Waals surface area contributed by atoms with E-state index in [0.29, 0.717) is 11.1 Å². The van der Waals surface area contributed by atoms with Crippen molar-refractivity contribution in [2.75, 3.05) is 5.32 Å². The summed E-state index contributed by atoms with van der Waals surface area (Å²) in [6.45, 7) is 5.05. The highest BCUT2D eigenvalue weighted by atomic mass is 19.1. The van der Waals surface area contributed by atoms with Gasteiger partial charge in [-0.2, -0.15) is 0 Å². The number of rotatable bonds is 3. The van der Waals surface area contributed by atoms with E-state index in [-0.39, 0.29) is 16.8 Å². The van der Waals surface area contributed by atoms with E-state index in [4.69, 9.17) is 4.74 Å². The van der Waals surface area contributed by atoms with Crippen LogP contribution >= 0.6 is 0 Å². The number of carbonyl (C=O) groups is 1. The fourth-order valence-electron chi connectivity index (χ4n) is 2.71. The lowest BCUT2D eigenvalue weighted by atomic mass is 10.1. The van der Waals surface area contributed by atoms with Gasteiger partial charge < -0.3 is 4.74 Å². The maximum Gasteiger partial charge on any atom is 0.412 e. The summed E-state index contributed by atoms with van der Waals surface area (Å²) in [6.07, 6.45) is 0.663. The molecule has 1 N–H and O–H groups in total. The van der Waals surface area contributed by atoms with Crippen LogP contribution in [0.25, 0.3) is 16.5 Å². The summed E-state index contributed by atoms with van der Waals surface area (Å²) in [4.78, 5) is 34.9. The van der Waals surface area contributed by atoms with Crippen LogP contribution in [-0.2, 0) is 4.74 Å². The van der Waals surface area contributed by atoms with Gasteiger partial charge in [-0.05, 0) is 56.5 Å². The average molecular weight is 399 g/mol. The van der Waals surface area contributed by atoms with Gasteiger partial charge in [0.05, 0.1) is 16.0 Å². The Morgan fingerprint density at radius 2 is 1.83 bits per heavy atom. The van der Waals surface area contributed by atoms with Gasteiger partial charge in [-0.3, -0.25) is 24.8 Å². The second kappa shape index (κ2) is 7.34. The monoisotopic (exact) mass is 399 g/mol. The molecule has 0 atom stereocenters. The number of pyridine rings is 1. The summed E-state index contributed by atoms with van der Waals surface area (Å²) < 4.78 is 20.8. The van der Waals surface area contributed by atoms with E-state index in [9.17, 15) is 24.1 Å². The van der Waals surface area contributed by atoms with Crippen LogP contribution in [-0.4, -0.2) is 21.2 Å². The maximum atomic E-state index is 14.5. The van der Waals surface area contributed by atoms with Gasteiger partial charge in [0.1, 0.15) is 11.4 Å². The Morgan fingerprint density at radius 3 is 2.41 bits per heavy atom. The molecule has 3 rings (SSSR count). The summed E-state index contributed by atoms with van der Waals surface area (Å²) in [5.74, 6) is -0.790. The molecule has 0 aliphatic rings. The number of halogens is 1. The van der Waals surface area contributed by atoms with Crippen molar-refractivity contribution in [3.63, 3.8) is 0 Å². The van der Waals surface area contributed by atoms with E-state index in [1.54, 1.807) is 26.8 Å². The molecule has 2 aromatic carbocycles. The Hall–Kier alpha value is -3.75. The molecular formula is C20H18FN3O5. The van der Waals surface area contributed by atoms with Gasteiger partial charge in [0.25, 0.3) is 11.2 Å². The highest BCUT2D eigenvalue weighted by molar-refractivity contribution is 5.91. The van der Waals surface area contributed by atoms with Gasteiger partial charge in [-0.25, -0.2) is 9.18 Å². The first-order valence-electron chi connectivity index (χ1n) is 8.65. The van der Waals surface area contributed by atoms with E-state index >= 15 is 0 Å². The zero-order chi connectivity index (χ0) is 21.3. The van der Waals surface area contributed by atoms with Crippen LogP contribution in [0.4, 0.5) is 20.6 Å². The van der Waals surface area contributed by atoms with Gasteiger partial charge in [0, 0.05) is 24.0 Å². The molecule has 8 nitrogen and oxygen atoms in total. The van der Waals surface area contributed by atoms with Crippen molar-refractivity contribution in [3.8, 4) is 5.69 Å². The van der Waals surface area contributed by atoms with Gasteiger partial charge in [0.2, 0.25) is 0 Å². The molecule has 0 bridgehead atoms. The second-order valence-corrected chi connectivity index (χ2v) is 7.31. The number of non-ortho nitro benzene ring substituents is 1. The minimum atomic E-state index is -0.810. The molecule has 0 saturated heterocycles. The third kappa shape index (κ3) is 4.40. The molecular weight excluding hydrogens is 381 g/mol. The van der Waals surface area contributed by atoms with Crippen LogP contribution in [0.15, 0.2) is 53.5 Å². The molecule has 3 aromatic rings. The van der Waals surface area contributed by atoms with E-state index in [1.165, 1.54) is 41.1 Å². The van der Waals surface area contributed by atoms with Crippen LogP contribution in [0, 0.1) is 15.9 Å². The van der Waals surface area contributed by atoms with Crippen LogP contribution < -0.4 is 10.9 Å². The molecule has 0 radical (unpaired) electrons.